The van der Waals surface area contributed by atoms with Crippen molar-refractivity contribution in [2.45, 2.75) is 56.7 Å². The standard InChI is InChI=1S/C13H18F5NO2/c14-12(15,13(16,17)18)8-4-2-1-3-6-10-7-5-9-19(10)11(20)21/h3,6,10H,1-2,4-5,7-9H2,(H,20,21)/b6-3+/t10-/m1/s1. The zero-order valence-corrected chi connectivity index (χ0v) is 11.4. The van der Waals surface area contributed by atoms with E-state index < -0.39 is 24.6 Å². The highest BCUT2D eigenvalue weighted by molar-refractivity contribution is 5.66. The van der Waals surface area contributed by atoms with E-state index in [1.54, 1.807) is 12.2 Å². The summed E-state index contributed by atoms with van der Waals surface area (Å²) < 4.78 is 60.9. The van der Waals surface area contributed by atoms with E-state index in [0.29, 0.717) is 19.4 Å². The lowest BCUT2D eigenvalue weighted by molar-refractivity contribution is -0.284. The van der Waals surface area contributed by atoms with Gasteiger partial charge in [0.05, 0.1) is 6.04 Å². The Balaban J connectivity index is 2.25. The van der Waals surface area contributed by atoms with Gasteiger partial charge < -0.3 is 10.0 Å². The van der Waals surface area contributed by atoms with Gasteiger partial charge in [-0.1, -0.05) is 12.2 Å². The molecule has 1 aliphatic rings. The van der Waals surface area contributed by atoms with Crippen molar-refractivity contribution in [3.8, 4) is 0 Å². The molecule has 0 radical (unpaired) electrons. The third-order valence-electron chi connectivity index (χ3n) is 3.43. The van der Waals surface area contributed by atoms with E-state index in [9.17, 15) is 26.7 Å². The van der Waals surface area contributed by atoms with Crippen LogP contribution in [0.1, 0.15) is 38.5 Å². The molecule has 0 unspecified atom stereocenters. The minimum Gasteiger partial charge on any atom is -0.465 e. The highest BCUT2D eigenvalue weighted by Gasteiger charge is 2.56. The monoisotopic (exact) mass is 315 g/mol. The lowest BCUT2D eigenvalue weighted by Crippen LogP contribution is -2.36. The fourth-order valence-corrected chi connectivity index (χ4v) is 2.23. The SMILES string of the molecule is O=C(O)N1CCC[C@H]1/C=C/CCCCC(F)(F)C(F)(F)F. The van der Waals surface area contributed by atoms with Gasteiger partial charge in [-0.3, -0.25) is 0 Å². The van der Waals surface area contributed by atoms with Gasteiger partial charge in [0.2, 0.25) is 0 Å². The normalized spacial score (nSPS) is 20.4. The van der Waals surface area contributed by atoms with Gasteiger partial charge in [-0.15, -0.1) is 0 Å². The van der Waals surface area contributed by atoms with Crippen LogP contribution in [0.4, 0.5) is 26.7 Å². The molecule has 0 aliphatic carbocycles. The van der Waals surface area contributed by atoms with Gasteiger partial charge in [0.1, 0.15) is 0 Å². The van der Waals surface area contributed by atoms with Crippen LogP contribution in [-0.4, -0.2) is 40.8 Å². The van der Waals surface area contributed by atoms with Crippen molar-refractivity contribution in [3.63, 3.8) is 0 Å². The Morgan fingerprint density at radius 3 is 2.48 bits per heavy atom. The van der Waals surface area contributed by atoms with Gasteiger partial charge in [0.25, 0.3) is 0 Å². The molecule has 3 nitrogen and oxygen atoms in total. The predicted molar refractivity (Wildman–Crippen MR) is 66.4 cm³/mol. The number of alkyl halides is 5. The summed E-state index contributed by atoms with van der Waals surface area (Å²) in [4.78, 5) is 12.1. The number of carboxylic acid groups (broad SMARTS) is 1. The summed E-state index contributed by atoms with van der Waals surface area (Å²) in [5, 5.41) is 8.89. The molecule has 21 heavy (non-hydrogen) atoms. The van der Waals surface area contributed by atoms with Crippen LogP contribution in [0.25, 0.3) is 0 Å². The molecule has 1 N–H and O–H groups in total. The van der Waals surface area contributed by atoms with E-state index >= 15 is 0 Å². The third kappa shape index (κ3) is 5.17. The molecule has 0 aromatic rings. The predicted octanol–water partition coefficient (Wildman–Crippen LogP) is 4.44. The maximum absolute atomic E-state index is 12.6. The van der Waals surface area contributed by atoms with Crippen molar-refractivity contribution in [2.24, 2.45) is 0 Å². The van der Waals surface area contributed by atoms with Crippen LogP contribution >= 0.6 is 0 Å². The van der Waals surface area contributed by atoms with E-state index in [0.717, 1.165) is 6.42 Å². The summed E-state index contributed by atoms with van der Waals surface area (Å²) in [6.07, 6.45) is -2.57. The molecule has 1 amide bonds. The number of nitrogens with zero attached hydrogens (tertiary/aromatic N) is 1. The van der Waals surface area contributed by atoms with Gasteiger partial charge in [-0.25, -0.2) is 4.79 Å². The van der Waals surface area contributed by atoms with Gasteiger partial charge in [-0.05, 0) is 32.1 Å². The van der Waals surface area contributed by atoms with Crippen LogP contribution in [0.5, 0.6) is 0 Å². The number of rotatable bonds is 6. The minimum absolute atomic E-state index is 0.210. The Kier molecular flexibility index (Phi) is 5.98. The second kappa shape index (κ2) is 7.09. The van der Waals surface area contributed by atoms with E-state index in [-0.39, 0.29) is 18.9 Å². The molecule has 1 aliphatic heterocycles. The van der Waals surface area contributed by atoms with Crippen molar-refractivity contribution in [1.82, 2.24) is 4.90 Å². The van der Waals surface area contributed by atoms with Crippen LogP contribution in [0.15, 0.2) is 12.2 Å². The number of halogens is 5. The topological polar surface area (TPSA) is 40.5 Å². The highest BCUT2D eigenvalue weighted by atomic mass is 19.4. The molecule has 1 saturated heterocycles. The number of carbonyl (C=O) groups is 1. The maximum atomic E-state index is 12.6. The van der Waals surface area contributed by atoms with E-state index in [4.69, 9.17) is 5.11 Å². The largest absolute Gasteiger partial charge is 0.465 e. The molecular formula is C13H18F5NO2. The Morgan fingerprint density at radius 1 is 1.24 bits per heavy atom. The third-order valence-corrected chi connectivity index (χ3v) is 3.43. The number of allylic oxidation sites excluding steroid dienone is 1. The molecule has 1 fully saturated rings. The minimum atomic E-state index is -5.49. The molecule has 8 heteroatoms. The fraction of sp³-hybridized carbons (Fsp3) is 0.769. The number of unbranched alkanes of at least 4 members (excludes halogenated alkanes) is 2. The van der Waals surface area contributed by atoms with Gasteiger partial charge in [0.15, 0.2) is 0 Å². The average molecular weight is 315 g/mol. The van der Waals surface area contributed by atoms with Crippen LogP contribution in [0, 0.1) is 0 Å². The highest BCUT2D eigenvalue weighted by Crippen LogP contribution is 2.39. The summed E-state index contributed by atoms with van der Waals surface area (Å²) in [7, 11) is 0. The number of likely N-dealkylation sites (tertiary alicyclic amines) is 1. The first-order valence-electron chi connectivity index (χ1n) is 6.76. The van der Waals surface area contributed by atoms with Crippen molar-refractivity contribution in [3.05, 3.63) is 12.2 Å². The summed E-state index contributed by atoms with van der Waals surface area (Å²) in [6.45, 7) is 0.460. The zero-order chi connectivity index (χ0) is 16.1. The lowest BCUT2D eigenvalue weighted by atomic mass is 10.1. The van der Waals surface area contributed by atoms with Crippen LogP contribution in [0.3, 0.4) is 0 Å². The van der Waals surface area contributed by atoms with E-state index in [1.165, 1.54) is 4.90 Å². The summed E-state index contributed by atoms with van der Waals surface area (Å²) in [6, 6.07) is -0.223. The second-order valence-electron chi connectivity index (χ2n) is 5.06. The van der Waals surface area contributed by atoms with Gasteiger partial charge in [-0.2, -0.15) is 22.0 Å². The van der Waals surface area contributed by atoms with Crippen LogP contribution in [0.2, 0.25) is 0 Å². The van der Waals surface area contributed by atoms with Crippen LogP contribution < -0.4 is 0 Å². The maximum Gasteiger partial charge on any atom is 0.453 e. The molecule has 0 saturated carbocycles. The lowest BCUT2D eigenvalue weighted by Gasteiger charge is -2.19. The summed E-state index contributed by atoms with van der Waals surface area (Å²) in [5.41, 5.74) is 0. The molecule has 1 rings (SSSR count). The Labute approximate surface area is 119 Å². The number of hydrogen-bond acceptors (Lipinski definition) is 1. The molecule has 1 atom stereocenters. The quantitative estimate of drug-likeness (QED) is 0.447. The first-order valence-corrected chi connectivity index (χ1v) is 6.76. The molecule has 1 heterocycles. The first-order chi connectivity index (χ1) is 9.65. The Hall–Kier alpha value is -1.34. The average Bonchev–Trinajstić information content (AvgIpc) is 2.80. The number of hydrogen-bond donors (Lipinski definition) is 1. The van der Waals surface area contributed by atoms with Crippen molar-refractivity contribution < 1.29 is 31.9 Å². The molecule has 0 aromatic heterocycles. The van der Waals surface area contributed by atoms with Crippen LogP contribution in [-0.2, 0) is 0 Å². The molecule has 122 valence electrons. The zero-order valence-electron chi connectivity index (χ0n) is 11.4. The smallest absolute Gasteiger partial charge is 0.453 e. The van der Waals surface area contributed by atoms with Crippen molar-refractivity contribution in [1.29, 1.82) is 0 Å². The first kappa shape index (κ1) is 17.7. The molecule has 0 bridgehead atoms. The fourth-order valence-electron chi connectivity index (χ4n) is 2.23. The molecular weight excluding hydrogens is 297 g/mol. The molecule has 0 spiro atoms. The summed E-state index contributed by atoms with van der Waals surface area (Å²) >= 11 is 0. The van der Waals surface area contributed by atoms with Gasteiger partial charge >= 0.3 is 18.2 Å². The Morgan fingerprint density at radius 2 is 1.90 bits per heavy atom. The van der Waals surface area contributed by atoms with E-state index in [2.05, 4.69) is 0 Å². The second-order valence-corrected chi connectivity index (χ2v) is 5.06. The van der Waals surface area contributed by atoms with Crippen molar-refractivity contribution in [2.75, 3.05) is 6.54 Å². The van der Waals surface area contributed by atoms with E-state index in [1.807, 2.05) is 0 Å². The summed E-state index contributed by atoms with van der Waals surface area (Å²) in [5.74, 6) is -4.64. The van der Waals surface area contributed by atoms with Gasteiger partial charge in [0, 0.05) is 13.0 Å². The van der Waals surface area contributed by atoms with Crippen molar-refractivity contribution >= 4 is 6.09 Å². The molecule has 0 aromatic carbocycles. The Bertz CT molecular complexity index is 381. The number of amides is 1.